The lowest BCUT2D eigenvalue weighted by Gasteiger charge is -2.18. The number of ether oxygens (including phenoxy) is 1. The van der Waals surface area contributed by atoms with Crippen molar-refractivity contribution in [3.05, 3.63) is 58.1 Å². The highest BCUT2D eigenvalue weighted by molar-refractivity contribution is 6.34. The van der Waals surface area contributed by atoms with Crippen molar-refractivity contribution in [2.45, 2.75) is 12.8 Å². The molecule has 0 radical (unpaired) electrons. The molecule has 2 amide bonds. The smallest absolute Gasteiger partial charge is 0.251 e. The zero-order valence-corrected chi connectivity index (χ0v) is 15.5. The van der Waals surface area contributed by atoms with Gasteiger partial charge in [0, 0.05) is 23.6 Å². The van der Waals surface area contributed by atoms with E-state index in [1.165, 1.54) is 0 Å². The van der Waals surface area contributed by atoms with Crippen molar-refractivity contribution in [3.8, 4) is 5.75 Å². The van der Waals surface area contributed by atoms with E-state index in [9.17, 15) is 9.59 Å². The number of hydrogen-bond acceptors (Lipinski definition) is 3. The Balaban J connectivity index is 1.56. The summed E-state index contributed by atoms with van der Waals surface area (Å²) in [7, 11) is 0. The molecule has 136 valence electrons. The number of carbonyl (C=O) groups is 2. The summed E-state index contributed by atoms with van der Waals surface area (Å²) in [6.45, 7) is 1.30. The fourth-order valence-corrected chi connectivity index (χ4v) is 3.08. The molecule has 2 aromatic rings. The highest BCUT2D eigenvalue weighted by atomic mass is 35.5. The lowest BCUT2D eigenvalue weighted by molar-refractivity contribution is -0.117. The number of rotatable bonds is 6. The number of halogens is 2. The molecule has 2 aromatic carbocycles. The maximum absolute atomic E-state index is 12.3. The van der Waals surface area contributed by atoms with Gasteiger partial charge in [0.15, 0.2) is 0 Å². The Labute approximate surface area is 161 Å². The molecule has 0 unspecified atom stereocenters. The van der Waals surface area contributed by atoms with Crippen LogP contribution in [0.15, 0.2) is 42.5 Å². The largest absolute Gasteiger partial charge is 0.492 e. The summed E-state index contributed by atoms with van der Waals surface area (Å²) in [6.07, 6.45) is 1.31. The number of hydrogen-bond donors (Lipinski definition) is 1. The van der Waals surface area contributed by atoms with E-state index >= 15 is 0 Å². The van der Waals surface area contributed by atoms with Crippen LogP contribution in [0.1, 0.15) is 23.2 Å². The van der Waals surface area contributed by atoms with Gasteiger partial charge in [-0.25, -0.2) is 0 Å². The molecule has 3 rings (SSSR count). The van der Waals surface area contributed by atoms with Crippen LogP contribution in [-0.4, -0.2) is 31.5 Å². The van der Waals surface area contributed by atoms with E-state index in [-0.39, 0.29) is 11.8 Å². The minimum Gasteiger partial charge on any atom is -0.492 e. The minimum atomic E-state index is -0.241. The molecular formula is C19H18Cl2N2O3. The molecule has 0 atom stereocenters. The molecule has 5 nitrogen and oxygen atoms in total. The van der Waals surface area contributed by atoms with E-state index in [0.29, 0.717) is 53.2 Å². The molecule has 0 spiro atoms. The third kappa shape index (κ3) is 4.48. The summed E-state index contributed by atoms with van der Waals surface area (Å²) in [6, 6.07) is 11.9. The van der Waals surface area contributed by atoms with E-state index in [1.807, 2.05) is 0 Å². The predicted octanol–water partition coefficient (Wildman–Crippen LogP) is 3.93. The standard InChI is InChI=1S/C19H18Cl2N2O3/c20-14-4-6-15(7-5-14)26-11-9-22-19(25)13-3-8-16(21)17(12-13)23-10-1-2-18(23)24/h3-8,12H,1-2,9-11H2,(H,22,25). The van der Waals surface area contributed by atoms with E-state index in [2.05, 4.69) is 5.32 Å². The van der Waals surface area contributed by atoms with Crippen LogP contribution in [0.2, 0.25) is 10.0 Å². The minimum absolute atomic E-state index is 0.0285. The first-order valence-electron chi connectivity index (χ1n) is 8.31. The van der Waals surface area contributed by atoms with Crippen LogP contribution >= 0.6 is 23.2 Å². The molecule has 0 aromatic heterocycles. The average molecular weight is 393 g/mol. The fourth-order valence-electron chi connectivity index (χ4n) is 2.73. The molecule has 1 heterocycles. The van der Waals surface area contributed by atoms with Crippen molar-refractivity contribution in [1.82, 2.24) is 5.32 Å². The molecule has 1 N–H and O–H groups in total. The molecule has 1 aliphatic heterocycles. The van der Waals surface area contributed by atoms with Crippen LogP contribution < -0.4 is 15.0 Å². The number of nitrogens with zero attached hydrogens (tertiary/aromatic N) is 1. The maximum Gasteiger partial charge on any atom is 0.251 e. The number of anilines is 1. The molecule has 1 aliphatic rings. The highest BCUT2D eigenvalue weighted by Crippen LogP contribution is 2.30. The molecule has 0 bridgehead atoms. The van der Waals surface area contributed by atoms with Gasteiger partial charge in [0.2, 0.25) is 5.91 Å². The van der Waals surface area contributed by atoms with E-state index < -0.39 is 0 Å². The molecule has 0 saturated carbocycles. The van der Waals surface area contributed by atoms with Crippen LogP contribution in [0, 0.1) is 0 Å². The first-order chi connectivity index (χ1) is 12.5. The molecule has 1 saturated heterocycles. The predicted molar refractivity (Wildman–Crippen MR) is 102 cm³/mol. The van der Waals surface area contributed by atoms with Gasteiger partial charge < -0.3 is 15.0 Å². The molecule has 0 aliphatic carbocycles. The topological polar surface area (TPSA) is 58.6 Å². The fraction of sp³-hybridized carbons (Fsp3) is 0.263. The normalized spacial score (nSPS) is 13.8. The van der Waals surface area contributed by atoms with Crippen molar-refractivity contribution in [2.75, 3.05) is 24.6 Å². The zero-order valence-electron chi connectivity index (χ0n) is 14.0. The van der Waals surface area contributed by atoms with Crippen molar-refractivity contribution in [2.24, 2.45) is 0 Å². The quantitative estimate of drug-likeness (QED) is 0.757. The van der Waals surface area contributed by atoms with Gasteiger partial charge >= 0.3 is 0 Å². The number of benzene rings is 2. The summed E-state index contributed by atoms with van der Waals surface area (Å²) in [5.41, 5.74) is 1.04. The zero-order chi connectivity index (χ0) is 18.5. The van der Waals surface area contributed by atoms with Crippen LogP contribution in [0.5, 0.6) is 5.75 Å². The maximum atomic E-state index is 12.3. The third-order valence-corrected chi connectivity index (χ3v) is 4.61. The van der Waals surface area contributed by atoms with Crippen LogP contribution in [0.4, 0.5) is 5.69 Å². The van der Waals surface area contributed by atoms with Crippen molar-refractivity contribution < 1.29 is 14.3 Å². The van der Waals surface area contributed by atoms with E-state index in [4.69, 9.17) is 27.9 Å². The first-order valence-corrected chi connectivity index (χ1v) is 9.06. The van der Waals surface area contributed by atoms with E-state index in [1.54, 1.807) is 47.4 Å². The van der Waals surface area contributed by atoms with Crippen molar-refractivity contribution >= 4 is 40.7 Å². The van der Waals surface area contributed by atoms with Gasteiger partial charge in [0.1, 0.15) is 12.4 Å². The summed E-state index contributed by atoms with van der Waals surface area (Å²) in [4.78, 5) is 25.9. The summed E-state index contributed by atoms with van der Waals surface area (Å²) >= 11 is 12.0. The van der Waals surface area contributed by atoms with Gasteiger partial charge in [-0.1, -0.05) is 23.2 Å². The third-order valence-electron chi connectivity index (χ3n) is 4.04. The van der Waals surface area contributed by atoms with Crippen LogP contribution in [-0.2, 0) is 4.79 Å². The summed E-state index contributed by atoms with van der Waals surface area (Å²) in [5, 5.41) is 3.89. The summed E-state index contributed by atoms with van der Waals surface area (Å²) < 4.78 is 5.54. The van der Waals surface area contributed by atoms with Gasteiger partial charge in [0.25, 0.3) is 5.91 Å². The Kier molecular flexibility index (Phi) is 6.01. The van der Waals surface area contributed by atoms with Gasteiger partial charge in [-0.05, 0) is 48.9 Å². The van der Waals surface area contributed by atoms with Gasteiger partial charge in [0.05, 0.1) is 17.3 Å². The summed E-state index contributed by atoms with van der Waals surface area (Å²) in [5.74, 6) is 0.472. The first kappa shape index (κ1) is 18.5. The Bertz CT molecular complexity index is 809. The average Bonchev–Trinajstić information content (AvgIpc) is 3.06. The molecule has 26 heavy (non-hydrogen) atoms. The Morgan fingerprint density at radius 2 is 1.92 bits per heavy atom. The van der Waals surface area contributed by atoms with Crippen LogP contribution in [0.3, 0.4) is 0 Å². The lowest BCUT2D eigenvalue weighted by Crippen LogP contribution is -2.29. The van der Waals surface area contributed by atoms with Gasteiger partial charge in [-0.15, -0.1) is 0 Å². The van der Waals surface area contributed by atoms with E-state index in [0.717, 1.165) is 6.42 Å². The molecule has 1 fully saturated rings. The van der Waals surface area contributed by atoms with Gasteiger partial charge in [-0.3, -0.25) is 9.59 Å². The lowest BCUT2D eigenvalue weighted by atomic mass is 10.1. The van der Waals surface area contributed by atoms with Crippen molar-refractivity contribution in [3.63, 3.8) is 0 Å². The molecular weight excluding hydrogens is 375 g/mol. The Morgan fingerprint density at radius 3 is 2.62 bits per heavy atom. The number of amides is 2. The van der Waals surface area contributed by atoms with Gasteiger partial charge in [-0.2, -0.15) is 0 Å². The number of nitrogens with one attached hydrogen (secondary N) is 1. The van der Waals surface area contributed by atoms with Crippen LogP contribution in [0.25, 0.3) is 0 Å². The van der Waals surface area contributed by atoms with Crippen molar-refractivity contribution in [1.29, 1.82) is 0 Å². The second-order valence-corrected chi connectivity index (χ2v) is 6.72. The number of carbonyl (C=O) groups excluding carboxylic acids is 2. The SMILES string of the molecule is O=C(NCCOc1ccc(Cl)cc1)c1ccc(Cl)c(N2CCCC2=O)c1. The second-order valence-electron chi connectivity index (χ2n) is 5.87. The highest BCUT2D eigenvalue weighted by Gasteiger charge is 2.24. The molecule has 7 heteroatoms. The Morgan fingerprint density at radius 1 is 1.15 bits per heavy atom. The monoisotopic (exact) mass is 392 g/mol. The second kappa shape index (κ2) is 8.43. The Hall–Kier alpha value is -2.24.